The molecule has 0 aliphatic rings. The molecule has 0 aliphatic carbocycles. The highest BCUT2D eigenvalue weighted by Crippen LogP contribution is 2.15. The van der Waals surface area contributed by atoms with Crippen LogP contribution in [-0.2, 0) is 6.54 Å². The summed E-state index contributed by atoms with van der Waals surface area (Å²) in [5, 5.41) is 7.69. The first-order chi connectivity index (χ1) is 12.6. The Labute approximate surface area is 162 Å². The van der Waals surface area contributed by atoms with Crippen LogP contribution in [0.4, 0.5) is 0 Å². The van der Waals surface area contributed by atoms with Gasteiger partial charge in [0.2, 0.25) is 0 Å². The summed E-state index contributed by atoms with van der Waals surface area (Å²) >= 11 is 9.42. The average Bonchev–Trinajstić information content (AvgIpc) is 3.26. The van der Waals surface area contributed by atoms with Gasteiger partial charge < -0.3 is 9.72 Å². The quantitative estimate of drug-likeness (QED) is 0.535. The maximum Gasteiger partial charge on any atom is 0.254 e. The van der Waals surface area contributed by atoms with Gasteiger partial charge in [0.15, 0.2) is 0 Å². The van der Waals surface area contributed by atoms with E-state index >= 15 is 0 Å². The van der Waals surface area contributed by atoms with Crippen molar-refractivity contribution in [3.05, 3.63) is 81.9 Å². The smallest absolute Gasteiger partial charge is 0.254 e. The second-order valence-corrected chi connectivity index (χ2v) is 7.03. The molecular weight excluding hydrogens is 418 g/mol. The molecule has 26 heavy (non-hydrogen) atoms. The predicted octanol–water partition coefficient (Wildman–Crippen LogP) is 3.87. The van der Waals surface area contributed by atoms with Crippen LogP contribution < -0.4 is 5.32 Å². The summed E-state index contributed by atoms with van der Waals surface area (Å²) in [6.45, 7) is 0.334. The lowest BCUT2D eigenvalue weighted by Gasteiger charge is -2.01. The molecule has 0 radical (unpaired) electrons. The molecular formula is C18H13BrClN5O. The number of benzene rings is 1. The number of amides is 1. The van der Waals surface area contributed by atoms with Crippen LogP contribution in [0, 0.1) is 0 Å². The van der Waals surface area contributed by atoms with E-state index in [2.05, 4.69) is 31.3 Å². The predicted molar refractivity (Wildman–Crippen MR) is 103 cm³/mol. The van der Waals surface area contributed by atoms with Crippen LogP contribution in [-0.4, -0.2) is 25.1 Å². The third kappa shape index (κ3) is 3.49. The first-order valence-electron chi connectivity index (χ1n) is 7.80. The zero-order valence-electron chi connectivity index (χ0n) is 13.4. The van der Waals surface area contributed by atoms with Crippen LogP contribution in [0.25, 0.3) is 11.3 Å². The minimum atomic E-state index is -0.212. The van der Waals surface area contributed by atoms with Gasteiger partial charge in [0.25, 0.3) is 5.91 Å². The fraction of sp³-hybridized carbons (Fsp3) is 0.0556. The largest absolute Gasteiger partial charge is 0.346 e. The molecule has 1 aromatic carbocycles. The Morgan fingerprint density at radius 2 is 2.08 bits per heavy atom. The molecule has 8 heteroatoms. The summed E-state index contributed by atoms with van der Waals surface area (Å²) < 4.78 is 4.48. The summed E-state index contributed by atoms with van der Waals surface area (Å²) in [4.78, 5) is 16.8. The molecule has 0 spiro atoms. The van der Waals surface area contributed by atoms with Crippen LogP contribution in [0.1, 0.15) is 16.1 Å². The third-order valence-electron chi connectivity index (χ3n) is 3.81. The number of rotatable bonds is 4. The third-order valence-corrected chi connectivity index (χ3v) is 4.52. The Kier molecular flexibility index (Phi) is 4.48. The van der Waals surface area contributed by atoms with Crippen molar-refractivity contribution in [1.82, 2.24) is 24.5 Å². The van der Waals surface area contributed by atoms with Crippen molar-refractivity contribution in [2.24, 2.45) is 0 Å². The van der Waals surface area contributed by atoms with Gasteiger partial charge in [0.05, 0.1) is 29.7 Å². The number of pyridine rings is 1. The van der Waals surface area contributed by atoms with E-state index in [0.717, 1.165) is 21.5 Å². The summed E-state index contributed by atoms with van der Waals surface area (Å²) in [5.41, 5.74) is 2.86. The SMILES string of the molecule is O=C(NCc1cn2cc(Br)ccc2n1)c1cnn(-c2cccc(Cl)c2)c1. The molecule has 0 saturated heterocycles. The molecule has 0 unspecified atom stereocenters. The summed E-state index contributed by atoms with van der Waals surface area (Å²) in [5.74, 6) is -0.212. The number of aromatic nitrogens is 4. The Morgan fingerprint density at radius 3 is 2.92 bits per heavy atom. The maximum atomic E-state index is 12.4. The van der Waals surface area contributed by atoms with Crippen molar-refractivity contribution >= 4 is 39.1 Å². The monoisotopic (exact) mass is 429 g/mol. The highest BCUT2D eigenvalue weighted by Gasteiger charge is 2.10. The van der Waals surface area contributed by atoms with Crippen LogP contribution in [0.3, 0.4) is 0 Å². The van der Waals surface area contributed by atoms with Gasteiger partial charge in [-0.3, -0.25) is 4.79 Å². The standard InChI is InChI=1S/C18H13BrClN5O/c19-13-4-5-17-23-15(11-24(17)10-13)8-21-18(26)12-7-22-25(9-12)16-3-1-2-14(20)6-16/h1-7,9-11H,8H2,(H,21,26). The van der Waals surface area contributed by atoms with Crippen LogP contribution >= 0.6 is 27.5 Å². The van der Waals surface area contributed by atoms with E-state index in [9.17, 15) is 4.79 Å². The number of fused-ring (bicyclic) bond motifs is 1. The molecule has 4 aromatic rings. The molecule has 1 amide bonds. The number of hydrogen-bond donors (Lipinski definition) is 1. The van der Waals surface area contributed by atoms with Crippen molar-refractivity contribution in [2.75, 3.05) is 0 Å². The van der Waals surface area contributed by atoms with Crippen LogP contribution in [0.15, 0.2) is 65.7 Å². The first-order valence-corrected chi connectivity index (χ1v) is 8.97. The first kappa shape index (κ1) is 16.8. The normalized spacial score (nSPS) is 11.0. The number of imidazole rings is 1. The molecule has 0 bridgehead atoms. The zero-order chi connectivity index (χ0) is 18.1. The van der Waals surface area contributed by atoms with Gasteiger partial charge in [-0.1, -0.05) is 17.7 Å². The van der Waals surface area contributed by atoms with Gasteiger partial charge in [-0.2, -0.15) is 5.10 Å². The fourth-order valence-corrected chi connectivity index (χ4v) is 3.11. The second-order valence-electron chi connectivity index (χ2n) is 5.68. The summed E-state index contributed by atoms with van der Waals surface area (Å²) in [7, 11) is 0. The van der Waals surface area contributed by atoms with E-state index < -0.39 is 0 Å². The topological polar surface area (TPSA) is 64.2 Å². The van der Waals surface area contributed by atoms with Gasteiger partial charge in [-0.15, -0.1) is 0 Å². The highest BCUT2D eigenvalue weighted by atomic mass is 79.9. The lowest BCUT2D eigenvalue weighted by atomic mass is 10.3. The number of carbonyl (C=O) groups is 1. The van der Waals surface area contributed by atoms with Gasteiger partial charge in [-0.05, 0) is 46.3 Å². The molecule has 0 saturated carbocycles. The maximum absolute atomic E-state index is 12.4. The van der Waals surface area contributed by atoms with E-state index in [-0.39, 0.29) is 5.91 Å². The molecule has 0 fully saturated rings. The molecule has 0 aliphatic heterocycles. The van der Waals surface area contributed by atoms with Gasteiger partial charge >= 0.3 is 0 Å². The van der Waals surface area contributed by atoms with E-state index in [1.54, 1.807) is 23.0 Å². The minimum absolute atomic E-state index is 0.212. The Hall–Kier alpha value is -2.64. The molecule has 4 rings (SSSR count). The van der Waals surface area contributed by atoms with Gasteiger partial charge in [0.1, 0.15) is 5.65 Å². The van der Waals surface area contributed by atoms with E-state index in [1.807, 2.05) is 41.1 Å². The second kappa shape index (κ2) is 6.93. The van der Waals surface area contributed by atoms with Crippen LogP contribution in [0.5, 0.6) is 0 Å². The number of nitrogens with one attached hydrogen (secondary N) is 1. The Morgan fingerprint density at radius 1 is 1.19 bits per heavy atom. The molecule has 3 heterocycles. The Bertz CT molecular complexity index is 1100. The lowest BCUT2D eigenvalue weighted by Crippen LogP contribution is -2.22. The van der Waals surface area contributed by atoms with Crippen molar-refractivity contribution < 1.29 is 4.79 Å². The van der Waals surface area contributed by atoms with E-state index in [4.69, 9.17) is 11.6 Å². The minimum Gasteiger partial charge on any atom is -0.346 e. The van der Waals surface area contributed by atoms with Crippen molar-refractivity contribution in [3.63, 3.8) is 0 Å². The van der Waals surface area contributed by atoms with Crippen molar-refractivity contribution in [3.8, 4) is 5.69 Å². The summed E-state index contributed by atoms with van der Waals surface area (Å²) in [6.07, 6.45) is 7.00. The van der Waals surface area contributed by atoms with Crippen molar-refractivity contribution in [2.45, 2.75) is 6.54 Å². The fourth-order valence-electron chi connectivity index (χ4n) is 2.58. The number of nitrogens with zero attached hydrogens (tertiary/aromatic N) is 4. The zero-order valence-corrected chi connectivity index (χ0v) is 15.8. The van der Waals surface area contributed by atoms with Crippen molar-refractivity contribution in [1.29, 1.82) is 0 Å². The number of halogens is 2. The summed E-state index contributed by atoms with van der Waals surface area (Å²) in [6, 6.07) is 11.1. The number of hydrogen-bond acceptors (Lipinski definition) is 3. The molecule has 6 nitrogen and oxygen atoms in total. The molecule has 1 N–H and O–H groups in total. The van der Waals surface area contributed by atoms with E-state index in [1.165, 1.54) is 6.20 Å². The van der Waals surface area contributed by atoms with Gasteiger partial charge in [0, 0.05) is 28.1 Å². The lowest BCUT2D eigenvalue weighted by molar-refractivity contribution is 0.0950. The Balaban J connectivity index is 1.46. The van der Waals surface area contributed by atoms with Gasteiger partial charge in [-0.25, -0.2) is 9.67 Å². The average molecular weight is 431 g/mol. The molecule has 3 aromatic heterocycles. The highest BCUT2D eigenvalue weighted by molar-refractivity contribution is 9.10. The molecule has 130 valence electrons. The van der Waals surface area contributed by atoms with Crippen LogP contribution in [0.2, 0.25) is 5.02 Å². The number of carbonyl (C=O) groups excluding carboxylic acids is 1. The van der Waals surface area contributed by atoms with E-state index in [0.29, 0.717) is 17.1 Å². The molecule has 0 atom stereocenters.